The Balaban J connectivity index is 1.67. The number of nitrogens with zero attached hydrogens (tertiary/aromatic N) is 1. The maximum atomic E-state index is 6.32. The van der Waals surface area contributed by atoms with Crippen molar-refractivity contribution in [3.8, 4) is 0 Å². The molecule has 0 amide bonds. The normalized spacial score (nSPS) is 18.0. The van der Waals surface area contributed by atoms with E-state index in [0.717, 1.165) is 5.46 Å². The molecule has 0 saturated carbocycles. The first-order valence-electron chi connectivity index (χ1n) is 11.0. The average molecular weight is 407 g/mol. The molecule has 0 bridgehead atoms. The van der Waals surface area contributed by atoms with Crippen molar-refractivity contribution in [3.05, 3.63) is 66.7 Å². The van der Waals surface area contributed by atoms with Crippen LogP contribution in [-0.2, 0) is 16.4 Å². The Bertz CT molecular complexity index is 1500. The molecule has 3 nitrogen and oxygen atoms in total. The molecule has 2 heterocycles. The summed E-state index contributed by atoms with van der Waals surface area (Å²) in [6.45, 7) is 8.39. The first-order chi connectivity index (χ1) is 14.8. The minimum absolute atomic E-state index is 0.349. The van der Waals surface area contributed by atoms with Gasteiger partial charge in [-0.2, -0.15) is 0 Å². The van der Waals surface area contributed by atoms with Crippen molar-refractivity contribution < 1.29 is 9.31 Å². The number of hydrogen-bond donors (Lipinski definition) is 0. The molecule has 1 saturated heterocycles. The van der Waals surface area contributed by atoms with Crippen LogP contribution in [0.3, 0.4) is 0 Å². The molecule has 1 aliphatic rings. The van der Waals surface area contributed by atoms with Gasteiger partial charge in [0.05, 0.1) is 16.7 Å². The summed E-state index contributed by atoms with van der Waals surface area (Å²) in [5, 5.41) is 7.75. The molecule has 4 aromatic carbocycles. The van der Waals surface area contributed by atoms with E-state index in [1.54, 1.807) is 0 Å². The summed E-state index contributed by atoms with van der Waals surface area (Å²) in [4.78, 5) is 0. The third-order valence-electron chi connectivity index (χ3n) is 7.42. The highest BCUT2D eigenvalue weighted by Crippen LogP contribution is 2.41. The fourth-order valence-electron chi connectivity index (χ4n) is 5.03. The Hall–Kier alpha value is -2.82. The Labute approximate surface area is 182 Å². The summed E-state index contributed by atoms with van der Waals surface area (Å²) >= 11 is 0. The maximum absolute atomic E-state index is 6.32. The molecule has 5 aromatic rings. The van der Waals surface area contributed by atoms with Gasteiger partial charge in [0.1, 0.15) is 0 Å². The zero-order valence-electron chi connectivity index (χ0n) is 18.7. The van der Waals surface area contributed by atoms with Gasteiger partial charge in [-0.05, 0) is 55.4 Å². The number of benzene rings is 4. The lowest BCUT2D eigenvalue weighted by atomic mass is 9.78. The van der Waals surface area contributed by atoms with Gasteiger partial charge in [-0.25, -0.2) is 0 Å². The second-order valence-electron chi connectivity index (χ2n) is 9.74. The fraction of sp³-hybridized carbons (Fsp3) is 0.259. The topological polar surface area (TPSA) is 23.4 Å². The molecular formula is C27H26BNO2. The Kier molecular flexibility index (Phi) is 3.73. The van der Waals surface area contributed by atoms with Crippen molar-refractivity contribution in [1.82, 2.24) is 4.57 Å². The van der Waals surface area contributed by atoms with Gasteiger partial charge in [0.25, 0.3) is 0 Å². The second-order valence-corrected chi connectivity index (χ2v) is 9.74. The van der Waals surface area contributed by atoms with Crippen LogP contribution in [0.2, 0.25) is 0 Å². The molecule has 4 heteroatoms. The summed E-state index contributed by atoms with van der Waals surface area (Å²) in [6.07, 6.45) is 0. The van der Waals surface area contributed by atoms with Gasteiger partial charge in [-0.3, -0.25) is 0 Å². The van der Waals surface area contributed by atoms with Gasteiger partial charge < -0.3 is 13.9 Å². The summed E-state index contributed by atoms with van der Waals surface area (Å²) in [5.74, 6) is 0. The predicted octanol–water partition coefficient (Wildman–Crippen LogP) is 5.94. The molecule has 0 spiro atoms. The molecular weight excluding hydrogens is 381 g/mol. The van der Waals surface area contributed by atoms with E-state index >= 15 is 0 Å². The molecule has 1 aromatic heterocycles. The summed E-state index contributed by atoms with van der Waals surface area (Å²) in [7, 11) is 1.81. The van der Waals surface area contributed by atoms with E-state index in [4.69, 9.17) is 9.31 Å². The number of hydrogen-bond acceptors (Lipinski definition) is 2. The SMILES string of the molecule is Cn1c2cc(B3OC(C)(C)C(C)(C)O3)ccc2c2c3ccccc3c3ccccc3c21. The lowest BCUT2D eigenvalue weighted by Crippen LogP contribution is -2.41. The van der Waals surface area contributed by atoms with E-state index in [1.165, 1.54) is 43.4 Å². The molecule has 154 valence electrons. The van der Waals surface area contributed by atoms with Crippen molar-refractivity contribution in [1.29, 1.82) is 0 Å². The van der Waals surface area contributed by atoms with E-state index in [9.17, 15) is 0 Å². The van der Waals surface area contributed by atoms with Gasteiger partial charge >= 0.3 is 7.12 Å². The lowest BCUT2D eigenvalue weighted by molar-refractivity contribution is 0.00578. The largest absolute Gasteiger partial charge is 0.494 e. The van der Waals surface area contributed by atoms with Crippen LogP contribution in [0.4, 0.5) is 0 Å². The van der Waals surface area contributed by atoms with E-state index in [0.29, 0.717) is 0 Å². The van der Waals surface area contributed by atoms with Gasteiger partial charge in [0.15, 0.2) is 0 Å². The minimum atomic E-state index is -0.360. The zero-order valence-corrected chi connectivity index (χ0v) is 18.7. The molecule has 0 aliphatic carbocycles. The quantitative estimate of drug-likeness (QED) is 0.254. The molecule has 0 N–H and O–H groups in total. The Morgan fingerprint density at radius 2 is 1.23 bits per heavy atom. The van der Waals surface area contributed by atoms with Crippen LogP contribution < -0.4 is 5.46 Å². The van der Waals surface area contributed by atoms with Crippen LogP contribution in [0.1, 0.15) is 27.7 Å². The maximum Gasteiger partial charge on any atom is 0.494 e. The summed E-state index contributed by atoms with van der Waals surface area (Å²) < 4.78 is 15.0. The number of aromatic nitrogens is 1. The highest BCUT2D eigenvalue weighted by Gasteiger charge is 2.51. The highest BCUT2D eigenvalue weighted by atomic mass is 16.7. The van der Waals surface area contributed by atoms with E-state index < -0.39 is 0 Å². The smallest absolute Gasteiger partial charge is 0.399 e. The predicted molar refractivity (Wildman–Crippen MR) is 131 cm³/mol. The summed E-state index contributed by atoms with van der Waals surface area (Å²) in [5.41, 5.74) is 2.83. The molecule has 6 rings (SSSR count). The lowest BCUT2D eigenvalue weighted by Gasteiger charge is -2.32. The molecule has 0 unspecified atom stereocenters. The van der Waals surface area contributed by atoms with E-state index in [-0.39, 0.29) is 18.3 Å². The first-order valence-corrected chi connectivity index (χ1v) is 11.0. The highest BCUT2D eigenvalue weighted by molar-refractivity contribution is 6.62. The van der Waals surface area contributed by atoms with Crippen molar-refractivity contribution >= 4 is 55.9 Å². The average Bonchev–Trinajstić information content (AvgIpc) is 3.17. The summed E-state index contributed by atoms with van der Waals surface area (Å²) in [6, 6.07) is 24.1. The van der Waals surface area contributed by atoms with Crippen LogP contribution >= 0.6 is 0 Å². The molecule has 31 heavy (non-hydrogen) atoms. The van der Waals surface area contributed by atoms with Gasteiger partial charge in [0.2, 0.25) is 0 Å². The monoisotopic (exact) mass is 407 g/mol. The van der Waals surface area contributed by atoms with Crippen molar-refractivity contribution in [2.24, 2.45) is 7.05 Å². The third kappa shape index (κ3) is 2.49. The van der Waals surface area contributed by atoms with E-state index in [1.807, 2.05) is 0 Å². The minimum Gasteiger partial charge on any atom is -0.399 e. The number of rotatable bonds is 1. The standard InChI is InChI=1S/C27H26BNO2/c1-26(2)27(3,4)31-28(30-26)17-14-15-22-23(16-17)29(5)25-21-13-9-7-11-19(21)18-10-6-8-12-20(18)24(22)25/h6-16H,1-5H3. The van der Waals surface area contributed by atoms with Crippen molar-refractivity contribution in [2.45, 2.75) is 38.9 Å². The van der Waals surface area contributed by atoms with Gasteiger partial charge in [-0.1, -0.05) is 60.7 Å². The van der Waals surface area contributed by atoms with E-state index in [2.05, 4.69) is 106 Å². The number of aryl methyl sites for hydroxylation is 1. The Morgan fingerprint density at radius 3 is 1.87 bits per heavy atom. The molecule has 0 atom stereocenters. The second kappa shape index (κ2) is 6.12. The Morgan fingerprint density at radius 1 is 0.677 bits per heavy atom. The van der Waals surface area contributed by atoms with Crippen LogP contribution in [-0.4, -0.2) is 22.9 Å². The van der Waals surface area contributed by atoms with Crippen molar-refractivity contribution in [3.63, 3.8) is 0 Å². The van der Waals surface area contributed by atoms with Gasteiger partial charge in [0, 0.05) is 28.7 Å². The molecule has 1 aliphatic heterocycles. The van der Waals surface area contributed by atoms with Crippen LogP contribution in [0.5, 0.6) is 0 Å². The number of fused-ring (bicyclic) bond motifs is 8. The van der Waals surface area contributed by atoms with Crippen LogP contribution in [0.25, 0.3) is 43.4 Å². The molecule has 0 radical (unpaired) electrons. The third-order valence-corrected chi connectivity index (χ3v) is 7.42. The molecule has 1 fully saturated rings. The fourth-order valence-corrected chi connectivity index (χ4v) is 5.03. The zero-order chi connectivity index (χ0) is 21.5. The first kappa shape index (κ1) is 18.9. The van der Waals surface area contributed by atoms with Crippen LogP contribution in [0.15, 0.2) is 66.7 Å². The van der Waals surface area contributed by atoms with Crippen LogP contribution in [0, 0.1) is 0 Å². The van der Waals surface area contributed by atoms with Crippen molar-refractivity contribution in [2.75, 3.05) is 0 Å². The van der Waals surface area contributed by atoms with Gasteiger partial charge in [-0.15, -0.1) is 0 Å².